The van der Waals surface area contributed by atoms with Crippen LogP contribution >= 0.6 is 0 Å². The van der Waals surface area contributed by atoms with E-state index < -0.39 is 0 Å². The summed E-state index contributed by atoms with van der Waals surface area (Å²) in [6.45, 7) is 1.59. The first-order chi connectivity index (χ1) is 5.29. The molecular formula is C9H9LiOSe. The maximum Gasteiger partial charge on any atom is 1.00 e. The molecule has 0 unspecified atom stereocenters. The van der Waals surface area contributed by atoms with Crippen molar-refractivity contribution in [1.82, 2.24) is 0 Å². The first kappa shape index (κ1) is 11.9. The van der Waals surface area contributed by atoms with Crippen molar-refractivity contribution in [2.45, 2.75) is 6.92 Å². The summed E-state index contributed by atoms with van der Waals surface area (Å²) in [4.78, 5) is 10.6. The van der Waals surface area contributed by atoms with Gasteiger partial charge in [0, 0.05) is 0 Å². The molecule has 0 saturated heterocycles. The van der Waals surface area contributed by atoms with Crippen molar-refractivity contribution in [2.75, 3.05) is 0 Å². The molecule has 0 saturated carbocycles. The molecule has 1 aromatic carbocycles. The van der Waals surface area contributed by atoms with E-state index in [0.717, 1.165) is 0 Å². The second-order valence-electron chi connectivity index (χ2n) is 2.16. The van der Waals surface area contributed by atoms with Gasteiger partial charge in [0.25, 0.3) is 0 Å². The van der Waals surface area contributed by atoms with E-state index in [4.69, 9.17) is 0 Å². The van der Waals surface area contributed by atoms with Crippen molar-refractivity contribution in [2.24, 2.45) is 0 Å². The van der Waals surface area contributed by atoms with Gasteiger partial charge in [-0.15, -0.1) is 0 Å². The number of hydrogen-bond acceptors (Lipinski definition) is 1. The van der Waals surface area contributed by atoms with Crippen LogP contribution in [0.4, 0.5) is 0 Å². The largest absolute Gasteiger partial charge is 1.00 e. The maximum atomic E-state index is 10.6. The van der Waals surface area contributed by atoms with Crippen LogP contribution in [-0.2, 0) is 4.79 Å². The minimum atomic E-state index is 0. The van der Waals surface area contributed by atoms with Crippen molar-refractivity contribution in [3.8, 4) is 0 Å². The molecule has 0 aliphatic carbocycles. The summed E-state index contributed by atoms with van der Waals surface area (Å²) in [5.41, 5.74) is 0. The molecule has 1 aromatic rings. The van der Waals surface area contributed by atoms with Crippen LogP contribution in [0.15, 0.2) is 30.3 Å². The van der Waals surface area contributed by atoms with Gasteiger partial charge in [0.1, 0.15) is 0 Å². The minimum Gasteiger partial charge on any atom is 1.00 e. The Morgan fingerprint density at radius 3 is 2.42 bits per heavy atom. The van der Waals surface area contributed by atoms with Gasteiger partial charge in [-0.25, -0.2) is 0 Å². The Hall–Kier alpha value is -0.123. The first-order valence-electron chi connectivity index (χ1n) is 3.34. The molecule has 0 heterocycles. The molecule has 58 valence electrons. The molecule has 0 radical (unpaired) electrons. The summed E-state index contributed by atoms with van der Waals surface area (Å²) < 4.78 is 1.25. The zero-order chi connectivity index (χ0) is 8.10. The molecule has 0 aliphatic rings. The quantitative estimate of drug-likeness (QED) is 0.415. The van der Waals surface area contributed by atoms with Crippen molar-refractivity contribution < 1.29 is 23.7 Å². The molecular weight excluding hydrogens is 210 g/mol. The van der Waals surface area contributed by atoms with E-state index >= 15 is 0 Å². The van der Waals surface area contributed by atoms with Crippen molar-refractivity contribution >= 4 is 25.2 Å². The molecule has 0 aliphatic heterocycles. The standard InChI is InChI=1S/C9H9OSe.Li/c1-8(10)7-11-9-5-3-2-4-6-9;/h2-7H,1H3;/q-1;+1. The Kier molecular flexibility index (Phi) is 6.33. The molecule has 12 heavy (non-hydrogen) atoms. The van der Waals surface area contributed by atoms with E-state index in [2.05, 4.69) is 0 Å². The Balaban J connectivity index is 0.00000121. The van der Waals surface area contributed by atoms with Crippen LogP contribution in [0.5, 0.6) is 0 Å². The van der Waals surface area contributed by atoms with Crippen molar-refractivity contribution in [1.29, 1.82) is 0 Å². The summed E-state index contributed by atoms with van der Waals surface area (Å²) in [7, 11) is 0. The fourth-order valence-electron chi connectivity index (χ4n) is 0.650. The van der Waals surface area contributed by atoms with E-state index in [9.17, 15) is 4.79 Å². The van der Waals surface area contributed by atoms with Gasteiger partial charge in [-0.2, -0.15) is 0 Å². The fourth-order valence-corrected chi connectivity index (χ4v) is 1.94. The molecule has 0 atom stereocenters. The molecule has 0 N–H and O–H groups in total. The predicted molar refractivity (Wildman–Crippen MR) is 46.8 cm³/mol. The number of hydrogen-bond donors (Lipinski definition) is 0. The molecule has 0 amide bonds. The summed E-state index contributed by atoms with van der Waals surface area (Å²) in [6, 6.07) is 10.0. The molecule has 3 heteroatoms. The van der Waals surface area contributed by atoms with Crippen LogP contribution in [-0.4, -0.2) is 20.7 Å². The van der Waals surface area contributed by atoms with Crippen LogP contribution in [0.3, 0.4) is 0 Å². The van der Waals surface area contributed by atoms with Gasteiger partial charge in [0.05, 0.1) is 0 Å². The molecule has 0 spiro atoms. The first-order valence-corrected chi connectivity index (χ1v) is 5.19. The molecule has 0 aromatic heterocycles. The summed E-state index contributed by atoms with van der Waals surface area (Å²) in [5.74, 6) is 0.161. The van der Waals surface area contributed by atoms with Gasteiger partial charge < -0.3 is 0 Å². The van der Waals surface area contributed by atoms with Gasteiger partial charge in [-0.05, 0) is 0 Å². The van der Waals surface area contributed by atoms with E-state index in [-0.39, 0.29) is 39.6 Å². The summed E-state index contributed by atoms with van der Waals surface area (Å²) >= 11 is 0.215. The van der Waals surface area contributed by atoms with Gasteiger partial charge in [0.15, 0.2) is 0 Å². The zero-order valence-corrected chi connectivity index (χ0v) is 8.99. The average molecular weight is 219 g/mol. The number of rotatable bonds is 3. The topological polar surface area (TPSA) is 17.1 Å². The summed E-state index contributed by atoms with van der Waals surface area (Å²) in [6.07, 6.45) is 0. The predicted octanol–water partition coefficient (Wildman–Crippen LogP) is -2.23. The summed E-state index contributed by atoms with van der Waals surface area (Å²) in [5, 5.41) is 1.75. The van der Waals surface area contributed by atoms with Gasteiger partial charge >= 0.3 is 91.4 Å². The van der Waals surface area contributed by atoms with E-state index in [1.807, 2.05) is 30.3 Å². The second-order valence-corrected chi connectivity index (χ2v) is 4.14. The van der Waals surface area contributed by atoms with Crippen LogP contribution < -0.4 is 23.3 Å². The molecule has 1 rings (SSSR count). The van der Waals surface area contributed by atoms with Crippen molar-refractivity contribution in [3.63, 3.8) is 0 Å². The Morgan fingerprint density at radius 2 is 1.92 bits per heavy atom. The van der Waals surface area contributed by atoms with Gasteiger partial charge in [-0.1, -0.05) is 0 Å². The fraction of sp³-hybridized carbons (Fsp3) is 0.111. The van der Waals surface area contributed by atoms with E-state index in [1.165, 1.54) is 4.46 Å². The van der Waals surface area contributed by atoms with E-state index in [0.29, 0.717) is 0 Å². The van der Waals surface area contributed by atoms with Crippen LogP contribution in [0, 0.1) is 5.32 Å². The maximum absolute atomic E-state index is 10.6. The van der Waals surface area contributed by atoms with Crippen molar-refractivity contribution in [3.05, 3.63) is 35.7 Å². The Bertz CT molecular complexity index is 236. The molecule has 0 fully saturated rings. The number of Topliss-reactive ketones (excluding diaryl/α,β-unsaturated/α-hetero) is 1. The Labute approximate surface area is 91.3 Å². The molecule has 0 bridgehead atoms. The van der Waals surface area contributed by atoms with Crippen LogP contribution in [0.2, 0.25) is 0 Å². The monoisotopic (exact) mass is 220 g/mol. The third-order valence-electron chi connectivity index (χ3n) is 1.10. The normalized spacial score (nSPS) is 8.42. The SMILES string of the molecule is CC(=O)[CH-][Se]c1ccccc1.[Li+]. The van der Waals surface area contributed by atoms with Gasteiger partial charge in [0.2, 0.25) is 0 Å². The number of carbonyl (C=O) groups is 1. The Morgan fingerprint density at radius 1 is 1.33 bits per heavy atom. The number of carbonyl (C=O) groups excluding carboxylic acids is 1. The third-order valence-corrected chi connectivity index (χ3v) is 3.19. The average Bonchev–Trinajstić information content (AvgIpc) is 2.03. The van der Waals surface area contributed by atoms with E-state index in [1.54, 1.807) is 12.2 Å². The zero-order valence-electron chi connectivity index (χ0n) is 7.28. The number of ketones is 1. The minimum absolute atomic E-state index is 0. The second kappa shape index (κ2) is 6.40. The van der Waals surface area contributed by atoms with Crippen LogP contribution in [0.1, 0.15) is 6.92 Å². The van der Waals surface area contributed by atoms with Crippen LogP contribution in [0.25, 0.3) is 0 Å². The number of benzene rings is 1. The van der Waals surface area contributed by atoms with Gasteiger partial charge in [-0.3, -0.25) is 0 Å². The molecule has 1 nitrogen and oxygen atoms in total. The smallest absolute Gasteiger partial charge is 1.00 e. The third kappa shape index (κ3) is 4.69.